The molecule has 0 atom stereocenters. The SMILES string of the molecule is CCC(CC)c1ccnc(N)n1. The minimum atomic E-state index is 0.374. The zero-order valence-electron chi connectivity index (χ0n) is 7.62. The third-order valence-electron chi connectivity index (χ3n) is 2.10. The molecule has 0 saturated heterocycles. The van der Waals surface area contributed by atoms with E-state index in [9.17, 15) is 0 Å². The molecule has 0 aliphatic rings. The predicted molar refractivity (Wildman–Crippen MR) is 49.8 cm³/mol. The number of nitrogen functional groups attached to an aromatic ring is 1. The van der Waals surface area contributed by atoms with Gasteiger partial charge < -0.3 is 5.73 Å². The molecule has 0 aromatic carbocycles. The standard InChI is InChI=1S/C9H15N3/c1-3-7(4-2)8-5-6-11-9(10)12-8/h5-7H,3-4H2,1-2H3,(H2,10,11,12). The molecule has 1 aromatic heterocycles. The fraction of sp³-hybridized carbons (Fsp3) is 0.556. The Kier molecular flexibility index (Phi) is 3.02. The van der Waals surface area contributed by atoms with Crippen molar-refractivity contribution in [3.63, 3.8) is 0 Å². The summed E-state index contributed by atoms with van der Waals surface area (Å²) in [4.78, 5) is 8.04. The van der Waals surface area contributed by atoms with Crippen molar-refractivity contribution >= 4 is 5.95 Å². The molecule has 3 nitrogen and oxygen atoms in total. The van der Waals surface area contributed by atoms with Crippen molar-refractivity contribution in [2.75, 3.05) is 5.73 Å². The zero-order chi connectivity index (χ0) is 8.97. The molecule has 0 spiro atoms. The van der Waals surface area contributed by atoms with E-state index in [0.717, 1.165) is 18.5 Å². The maximum atomic E-state index is 5.48. The summed E-state index contributed by atoms with van der Waals surface area (Å²) in [5.41, 5.74) is 6.55. The fourth-order valence-electron chi connectivity index (χ4n) is 1.32. The van der Waals surface area contributed by atoms with Gasteiger partial charge in [0.1, 0.15) is 0 Å². The molecule has 0 fully saturated rings. The Bertz CT molecular complexity index is 243. The van der Waals surface area contributed by atoms with Gasteiger partial charge in [0.2, 0.25) is 5.95 Å². The second kappa shape index (κ2) is 4.04. The summed E-state index contributed by atoms with van der Waals surface area (Å²) in [5, 5.41) is 0. The van der Waals surface area contributed by atoms with E-state index in [4.69, 9.17) is 5.73 Å². The van der Waals surface area contributed by atoms with E-state index in [-0.39, 0.29) is 0 Å². The first-order valence-electron chi connectivity index (χ1n) is 4.36. The van der Waals surface area contributed by atoms with Gasteiger partial charge in [0.05, 0.1) is 0 Å². The van der Waals surface area contributed by atoms with Crippen LogP contribution in [0, 0.1) is 0 Å². The molecule has 0 bridgehead atoms. The Hall–Kier alpha value is -1.12. The number of hydrogen-bond acceptors (Lipinski definition) is 3. The molecule has 2 N–H and O–H groups in total. The summed E-state index contributed by atoms with van der Waals surface area (Å²) in [6.45, 7) is 4.32. The molecule has 0 unspecified atom stereocenters. The summed E-state index contributed by atoms with van der Waals surface area (Å²) in [7, 11) is 0. The van der Waals surface area contributed by atoms with E-state index in [1.54, 1.807) is 6.20 Å². The van der Waals surface area contributed by atoms with E-state index < -0.39 is 0 Å². The summed E-state index contributed by atoms with van der Waals surface area (Å²) in [6, 6.07) is 1.94. The van der Waals surface area contributed by atoms with Crippen LogP contribution in [0.4, 0.5) is 5.95 Å². The maximum absolute atomic E-state index is 5.48. The first-order valence-corrected chi connectivity index (χ1v) is 4.36. The van der Waals surface area contributed by atoms with Crippen molar-refractivity contribution in [2.24, 2.45) is 0 Å². The topological polar surface area (TPSA) is 51.8 Å². The van der Waals surface area contributed by atoms with Gasteiger partial charge in [-0.1, -0.05) is 13.8 Å². The average molecular weight is 165 g/mol. The van der Waals surface area contributed by atoms with Crippen LogP contribution in [0.3, 0.4) is 0 Å². The van der Waals surface area contributed by atoms with Crippen LogP contribution in [0.5, 0.6) is 0 Å². The van der Waals surface area contributed by atoms with Gasteiger partial charge in [0.25, 0.3) is 0 Å². The molecular formula is C9H15N3. The van der Waals surface area contributed by atoms with E-state index in [0.29, 0.717) is 11.9 Å². The number of hydrogen-bond donors (Lipinski definition) is 1. The second-order valence-electron chi connectivity index (χ2n) is 2.85. The fourth-order valence-corrected chi connectivity index (χ4v) is 1.32. The minimum absolute atomic E-state index is 0.374. The quantitative estimate of drug-likeness (QED) is 0.744. The molecule has 0 saturated carbocycles. The van der Waals surface area contributed by atoms with Crippen LogP contribution in [0.1, 0.15) is 38.3 Å². The van der Waals surface area contributed by atoms with Gasteiger partial charge in [-0.2, -0.15) is 0 Å². The molecule has 1 rings (SSSR count). The van der Waals surface area contributed by atoms with Gasteiger partial charge >= 0.3 is 0 Å². The van der Waals surface area contributed by atoms with E-state index in [1.165, 1.54) is 0 Å². The van der Waals surface area contributed by atoms with Crippen LogP contribution < -0.4 is 5.73 Å². The smallest absolute Gasteiger partial charge is 0.220 e. The van der Waals surface area contributed by atoms with Gasteiger partial charge in [-0.25, -0.2) is 9.97 Å². The van der Waals surface area contributed by atoms with Gasteiger partial charge in [0.15, 0.2) is 0 Å². The molecule has 1 heterocycles. The van der Waals surface area contributed by atoms with Crippen molar-refractivity contribution in [2.45, 2.75) is 32.6 Å². The van der Waals surface area contributed by atoms with Crippen LogP contribution >= 0.6 is 0 Å². The Morgan fingerprint density at radius 3 is 2.58 bits per heavy atom. The Morgan fingerprint density at radius 1 is 1.42 bits per heavy atom. The Balaban J connectivity index is 2.85. The second-order valence-corrected chi connectivity index (χ2v) is 2.85. The number of aromatic nitrogens is 2. The number of anilines is 1. The van der Waals surface area contributed by atoms with Gasteiger partial charge in [-0.05, 0) is 18.9 Å². The lowest BCUT2D eigenvalue weighted by molar-refractivity contribution is 0.622. The van der Waals surface area contributed by atoms with Gasteiger partial charge in [-0.3, -0.25) is 0 Å². The predicted octanol–water partition coefficient (Wildman–Crippen LogP) is 1.96. The molecule has 0 aliphatic heterocycles. The van der Waals surface area contributed by atoms with Crippen LogP contribution in [0.15, 0.2) is 12.3 Å². The van der Waals surface area contributed by atoms with Crippen molar-refractivity contribution in [3.05, 3.63) is 18.0 Å². The lowest BCUT2D eigenvalue weighted by Crippen LogP contribution is -2.02. The highest BCUT2D eigenvalue weighted by Gasteiger charge is 2.07. The molecular weight excluding hydrogens is 150 g/mol. The average Bonchev–Trinajstić information content (AvgIpc) is 2.07. The van der Waals surface area contributed by atoms with Crippen LogP contribution in [0.25, 0.3) is 0 Å². The first kappa shape index (κ1) is 8.97. The largest absolute Gasteiger partial charge is 0.368 e. The van der Waals surface area contributed by atoms with E-state index in [2.05, 4.69) is 23.8 Å². The molecule has 1 aromatic rings. The normalized spacial score (nSPS) is 10.6. The number of nitrogens with zero attached hydrogens (tertiary/aromatic N) is 2. The number of rotatable bonds is 3. The number of nitrogens with two attached hydrogens (primary N) is 1. The van der Waals surface area contributed by atoms with Crippen LogP contribution in [0.2, 0.25) is 0 Å². The first-order chi connectivity index (χ1) is 5.77. The highest BCUT2D eigenvalue weighted by atomic mass is 15.0. The highest BCUT2D eigenvalue weighted by molar-refractivity contribution is 5.19. The van der Waals surface area contributed by atoms with Gasteiger partial charge in [-0.15, -0.1) is 0 Å². The van der Waals surface area contributed by atoms with Crippen molar-refractivity contribution in [1.29, 1.82) is 0 Å². The minimum Gasteiger partial charge on any atom is -0.368 e. The summed E-state index contributed by atoms with van der Waals surface area (Å²) >= 11 is 0. The summed E-state index contributed by atoms with van der Waals surface area (Å²) in [5.74, 6) is 0.898. The van der Waals surface area contributed by atoms with Crippen molar-refractivity contribution in [1.82, 2.24) is 9.97 Å². The molecule has 66 valence electrons. The van der Waals surface area contributed by atoms with Crippen LogP contribution in [-0.2, 0) is 0 Å². The third kappa shape index (κ3) is 1.94. The van der Waals surface area contributed by atoms with E-state index >= 15 is 0 Å². The van der Waals surface area contributed by atoms with Gasteiger partial charge in [0, 0.05) is 17.8 Å². The third-order valence-corrected chi connectivity index (χ3v) is 2.10. The Labute approximate surface area is 73.0 Å². The molecule has 0 aliphatic carbocycles. The molecule has 12 heavy (non-hydrogen) atoms. The molecule has 0 amide bonds. The Morgan fingerprint density at radius 2 is 2.08 bits per heavy atom. The van der Waals surface area contributed by atoms with E-state index in [1.807, 2.05) is 6.07 Å². The maximum Gasteiger partial charge on any atom is 0.220 e. The molecule has 3 heteroatoms. The summed E-state index contributed by atoms with van der Waals surface area (Å²) < 4.78 is 0. The lowest BCUT2D eigenvalue weighted by Gasteiger charge is -2.10. The summed E-state index contributed by atoms with van der Waals surface area (Å²) in [6.07, 6.45) is 3.93. The monoisotopic (exact) mass is 165 g/mol. The van der Waals surface area contributed by atoms with Crippen molar-refractivity contribution in [3.8, 4) is 0 Å². The lowest BCUT2D eigenvalue weighted by atomic mass is 9.99. The van der Waals surface area contributed by atoms with Crippen LogP contribution in [-0.4, -0.2) is 9.97 Å². The van der Waals surface area contributed by atoms with Crippen molar-refractivity contribution < 1.29 is 0 Å². The highest BCUT2D eigenvalue weighted by Crippen LogP contribution is 2.20. The zero-order valence-corrected chi connectivity index (χ0v) is 7.62. The molecule has 0 radical (unpaired) electrons.